The van der Waals surface area contributed by atoms with Gasteiger partial charge in [0, 0.05) is 13.2 Å². The molecule has 19 heavy (non-hydrogen) atoms. The Hall–Kier alpha value is -0.0800. The second-order valence-electron chi connectivity index (χ2n) is 5.86. The molecule has 2 nitrogen and oxygen atoms in total. The quantitative estimate of drug-likeness (QED) is 0.425. The maximum atomic E-state index is 8.96. The fourth-order valence-corrected chi connectivity index (χ4v) is 2.75. The molecule has 2 N–H and O–H groups in total. The molecule has 2 heteroatoms. The minimum Gasteiger partial charge on any atom is -0.396 e. The van der Waals surface area contributed by atoms with Crippen LogP contribution in [0.25, 0.3) is 0 Å². The van der Waals surface area contributed by atoms with Gasteiger partial charge in [-0.2, -0.15) is 0 Å². The Kier molecular flexibility index (Phi) is 15.9. The zero-order valence-electron chi connectivity index (χ0n) is 13.1. The van der Waals surface area contributed by atoms with Gasteiger partial charge in [0.2, 0.25) is 0 Å². The maximum Gasteiger partial charge on any atom is 0.0431 e. The van der Waals surface area contributed by atoms with Gasteiger partial charge >= 0.3 is 0 Å². The summed E-state index contributed by atoms with van der Waals surface area (Å²) < 4.78 is 0. The zero-order chi connectivity index (χ0) is 14.2. The van der Waals surface area contributed by atoms with Gasteiger partial charge in [0.25, 0.3) is 0 Å². The zero-order valence-corrected chi connectivity index (χ0v) is 13.1. The van der Waals surface area contributed by atoms with Gasteiger partial charge in [0.1, 0.15) is 0 Å². The van der Waals surface area contributed by atoms with E-state index in [-0.39, 0.29) is 0 Å². The van der Waals surface area contributed by atoms with E-state index in [9.17, 15) is 0 Å². The Balaban J connectivity index is 3.49. The molecule has 0 spiro atoms. The first kappa shape index (κ1) is 18.9. The maximum absolute atomic E-state index is 8.96. The van der Waals surface area contributed by atoms with Crippen LogP contribution < -0.4 is 0 Å². The first-order chi connectivity index (χ1) is 9.35. The van der Waals surface area contributed by atoms with Crippen molar-refractivity contribution in [2.75, 3.05) is 13.2 Å². The molecule has 0 fully saturated rings. The molecule has 0 aliphatic carbocycles. The molecular weight excluding hydrogens is 236 g/mol. The first-order valence-corrected chi connectivity index (χ1v) is 8.56. The van der Waals surface area contributed by atoms with Gasteiger partial charge in [-0.15, -0.1) is 0 Å². The molecule has 0 aromatic rings. The largest absolute Gasteiger partial charge is 0.396 e. The lowest BCUT2D eigenvalue weighted by Gasteiger charge is -2.16. The third-order valence-electron chi connectivity index (χ3n) is 4.01. The van der Waals surface area contributed by atoms with Gasteiger partial charge in [-0.3, -0.25) is 0 Å². The van der Waals surface area contributed by atoms with Crippen LogP contribution in [0.2, 0.25) is 0 Å². The topological polar surface area (TPSA) is 40.5 Å². The summed E-state index contributed by atoms with van der Waals surface area (Å²) in [4.78, 5) is 0. The number of unbranched alkanes of at least 4 members (excludes halogenated alkanes) is 7. The minimum atomic E-state index is 0.348. The Bertz CT molecular complexity index is 159. The highest BCUT2D eigenvalue weighted by atomic mass is 16.3. The Labute approximate surface area is 120 Å². The van der Waals surface area contributed by atoms with Crippen LogP contribution in [0.4, 0.5) is 0 Å². The van der Waals surface area contributed by atoms with E-state index in [1.54, 1.807) is 0 Å². The van der Waals surface area contributed by atoms with Crippen LogP contribution in [0, 0.1) is 5.92 Å². The van der Waals surface area contributed by atoms with Gasteiger partial charge < -0.3 is 10.2 Å². The second-order valence-corrected chi connectivity index (χ2v) is 5.86. The number of aliphatic hydroxyl groups is 2. The average Bonchev–Trinajstić information content (AvgIpc) is 2.43. The minimum absolute atomic E-state index is 0.348. The molecule has 0 aliphatic heterocycles. The number of hydrogen-bond donors (Lipinski definition) is 2. The van der Waals surface area contributed by atoms with Crippen molar-refractivity contribution in [2.24, 2.45) is 5.92 Å². The summed E-state index contributed by atoms with van der Waals surface area (Å²) in [6, 6.07) is 0. The smallest absolute Gasteiger partial charge is 0.0431 e. The molecule has 1 unspecified atom stereocenters. The summed E-state index contributed by atoms with van der Waals surface area (Å²) in [7, 11) is 0. The summed E-state index contributed by atoms with van der Waals surface area (Å²) in [5.74, 6) is 0.844. The summed E-state index contributed by atoms with van der Waals surface area (Å²) in [5, 5.41) is 17.7. The van der Waals surface area contributed by atoms with Crippen molar-refractivity contribution in [1.82, 2.24) is 0 Å². The van der Waals surface area contributed by atoms with E-state index in [1.807, 2.05) is 0 Å². The lowest BCUT2D eigenvalue weighted by atomic mass is 9.91. The SMILES string of the molecule is CCCCCC(CCCO)CCCCCCCCO. The van der Waals surface area contributed by atoms with Crippen molar-refractivity contribution in [2.45, 2.75) is 90.4 Å². The predicted octanol–water partition coefficient (Wildman–Crippen LogP) is 4.68. The summed E-state index contributed by atoms with van der Waals surface area (Å²) in [5.41, 5.74) is 0. The van der Waals surface area contributed by atoms with Crippen molar-refractivity contribution in [3.05, 3.63) is 0 Å². The second kappa shape index (κ2) is 16.0. The third kappa shape index (κ3) is 14.1. The van der Waals surface area contributed by atoms with Gasteiger partial charge in [-0.05, 0) is 25.2 Å². The van der Waals surface area contributed by atoms with E-state index in [2.05, 4.69) is 6.92 Å². The van der Waals surface area contributed by atoms with Gasteiger partial charge in [0.15, 0.2) is 0 Å². The summed E-state index contributed by atoms with van der Waals surface area (Å²) in [6.07, 6.45) is 16.4. The van der Waals surface area contributed by atoms with E-state index in [1.165, 1.54) is 70.6 Å². The molecule has 0 radical (unpaired) electrons. The third-order valence-corrected chi connectivity index (χ3v) is 4.01. The van der Waals surface area contributed by atoms with E-state index in [0.717, 1.165) is 18.8 Å². The van der Waals surface area contributed by atoms with Crippen molar-refractivity contribution in [3.8, 4) is 0 Å². The van der Waals surface area contributed by atoms with E-state index in [0.29, 0.717) is 13.2 Å². The molecule has 0 bridgehead atoms. The highest BCUT2D eigenvalue weighted by molar-refractivity contribution is 4.61. The molecule has 0 amide bonds. The van der Waals surface area contributed by atoms with Gasteiger partial charge in [-0.25, -0.2) is 0 Å². The van der Waals surface area contributed by atoms with Crippen molar-refractivity contribution >= 4 is 0 Å². The van der Waals surface area contributed by atoms with Crippen molar-refractivity contribution in [1.29, 1.82) is 0 Å². The fourth-order valence-electron chi connectivity index (χ4n) is 2.75. The Morgan fingerprint density at radius 1 is 0.579 bits per heavy atom. The van der Waals surface area contributed by atoms with Crippen LogP contribution in [0.15, 0.2) is 0 Å². The molecular formula is C17H36O2. The van der Waals surface area contributed by atoms with Crippen LogP contribution in [-0.4, -0.2) is 23.4 Å². The van der Waals surface area contributed by atoms with E-state index >= 15 is 0 Å². The lowest BCUT2D eigenvalue weighted by Crippen LogP contribution is -2.02. The lowest BCUT2D eigenvalue weighted by molar-refractivity contribution is 0.261. The average molecular weight is 272 g/mol. The molecule has 1 atom stereocenters. The van der Waals surface area contributed by atoms with Gasteiger partial charge in [-0.1, -0.05) is 71.1 Å². The molecule has 116 valence electrons. The van der Waals surface area contributed by atoms with Crippen LogP contribution >= 0.6 is 0 Å². The Morgan fingerprint density at radius 2 is 1.05 bits per heavy atom. The first-order valence-electron chi connectivity index (χ1n) is 8.56. The molecule has 0 aliphatic rings. The fraction of sp³-hybridized carbons (Fsp3) is 1.00. The van der Waals surface area contributed by atoms with Crippen LogP contribution in [0.5, 0.6) is 0 Å². The predicted molar refractivity (Wildman–Crippen MR) is 83.4 cm³/mol. The van der Waals surface area contributed by atoms with Crippen LogP contribution in [0.1, 0.15) is 90.4 Å². The molecule has 0 heterocycles. The number of aliphatic hydroxyl groups excluding tert-OH is 2. The summed E-state index contributed by atoms with van der Waals surface area (Å²) >= 11 is 0. The van der Waals surface area contributed by atoms with Crippen molar-refractivity contribution in [3.63, 3.8) is 0 Å². The van der Waals surface area contributed by atoms with E-state index in [4.69, 9.17) is 10.2 Å². The molecule has 0 rings (SSSR count). The van der Waals surface area contributed by atoms with Gasteiger partial charge in [0.05, 0.1) is 0 Å². The molecule has 0 saturated heterocycles. The monoisotopic (exact) mass is 272 g/mol. The van der Waals surface area contributed by atoms with Crippen LogP contribution in [-0.2, 0) is 0 Å². The molecule has 0 aromatic heterocycles. The normalized spacial score (nSPS) is 12.8. The van der Waals surface area contributed by atoms with E-state index < -0.39 is 0 Å². The summed E-state index contributed by atoms with van der Waals surface area (Å²) in [6.45, 7) is 2.96. The molecule has 0 saturated carbocycles. The Morgan fingerprint density at radius 3 is 1.63 bits per heavy atom. The highest BCUT2D eigenvalue weighted by Gasteiger charge is 2.07. The number of hydrogen-bond acceptors (Lipinski definition) is 2. The highest BCUT2D eigenvalue weighted by Crippen LogP contribution is 2.22. The standard InChI is InChI=1S/C17H36O2/c1-2-3-8-12-17(14-11-16-19)13-9-6-4-5-7-10-15-18/h17-19H,2-16H2,1H3. The number of rotatable bonds is 15. The van der Waals surface area contributed by atoms with Crippen molar-refractivity contribution < 1.29 is 10.2 Å². The van der Waals surface area contributed by atoms with Crippen LogP contribution in [0.3, 0.4) is 0 Å². The molecule has 0 aromatic carbocycles.